The number of carbonyl (C=O) groups is 2. The molecule has 3 aliphatic rings. The normalized spacial score (nSPS) is 45.3. The molecule has 0 bridgehead atoms. The lowest BCUT2D eigenvalue weighted by Crippen LogP contribution is -2.68. The Hall–Kier alpha value is -1.70. The molecule has 3 heterocycles. The van der Waals surface area contributed by atoms with Crippen molar-refractivity contribution >= 4 is 11.9 Å². The molecular weight excluding hydrogens is 594 g/mol. The molecule has 3 saturated heterocycles. The maximum absolute atomic E-state index is 12.3. The molecule has 0 radical (unpaired) electrons. The van der Waals surface area contributed by atoms with E-state index in [0.717, 1.165) is 6.92 Å². The Balaban J connectivity index is 1.82. The van der Waals surface area contributed by atoms with E-state index >= 15 is 0 Å². The number of aliphatic carboxylic acids is 1. The SMILES string of the molecule is CC(=O)N[C@H]1[C@H]([C@H](O)[C@H](O)CO)OC(OC[C@H]2OC(O[C@H]3[C@H](O)[C@@H](O)C(O)O[C@@H]3CO)[C@H](O)[C@@H](O)[C@H]2O)(C(=O)O)C[C@@H]1O. The molecule has 0 aromatic heterocycles. The highest BCUT2D eigenvalue weighted by Crippen LogP contribution is 2.35. The lowest BCUT2D eigenvalue weighted by atomic mass is 9.88. The molecule has 16 atom stereocenters. The van der Waals surface area contributed by atoms with Crippen molar-refractivity contribution in [1.82, 2.24) is 5.32 Å². The number of carboxylic acid groups (broad SMARTS) is 1. The Labute approximate surface area is 243 Å². The fraction of sp³-hybridized carbons (Fsp3) is 0.913. The number of aliphatic hydroxyl groups is 11. The molecule has 1 amide bonds. The van der Waals surface area contributed by atoms with Gasteiger partial charge in [0.05, 0.1) is 32.0 Å². The third-order valence-electron chi connectivity index (χ3n) is 7.47. The van der Waals surface area contributed by atoms with Crippen LogP contribution in [0.4, 0.5) is 0 Å². The van der Waals surface area contributed by atoms with E-state index in [0.29, 0.717) is 0 Å². The Morgan fingerprint density at radius 1 is 0.930 bits per heavy atom. The van der Waals surface area contributed by atoms with Crippen molar-refractivity contribution in [2.24, 2.45) is 0 Å². The van der Waals surface area contributed by atoms with Crippen molar-refractivity contribution in [2.75, 3.05) is 19.8 Å². The third-order valence-corrected chi connectivity index (χ3v) is 7.47. The van der Waals surface area contributed by atoms with E-state index in [2.05, 4.69) is 5.32 Å². The van der Waals surface area contributed by atoms with Crippen molar-refractivity contribution in [3.05, 3.63) is 0 Å². The summed E-state index contributed by atoms with van der Waals surface area (Å²) in [5, 5.41) is 123. The van der Waals surface area contributed by atoms with Gasteiger partial charge in [-0.1, -0.05) is 0 Å². The summed E-state index contributed by atoms with van der Waals surface area (Å²) >= 11 is 0. The number of hydrogen-bond acceptors (Lipinski definition) is 18. The molecule has 20 heteroatoms. The second-order valence-electron chi connectivity index (χ2n) is 10.5. The van der Waals surface area contributed by atoms with Crippen LogP contribution in [0.1, 0.15) is 13.3 Å². The van der Waals surface area contributed by atoms with E-state index in [4.69, 9.17) is 23.7 Å². The average Bonchev–Trinajstić information content (AvgIpc) is 2.96. The minimum Gasteiger partial charge on any atom is -0.477 e. The van der Waals surface area contributed by atoms with E-state index in [9.17, 15) is 70.9 Å². The van der Waals surface area contributed by atoms with Crippen LogP contribution in [0.5, 0.6) is 0 Å². The second-order valence-corrected chi connectivity index (χ2v) is 10.5. The van der Waals surface area contributed by atoms with Gasteiger partial charge in [-0.3, -0.25) is 4.79 Å². The van der Waals surface area contributed by atoms with Gasteiger partial charge in [0.1, 0.15) is 67.1 Å². The van der Waals surface area contributed by atoms with Gasteiger partial charge >= 0.3 is 5.97 Å². The highest BCUT2D eigenvalue weighted by atomic mass is 16.8. The monoisotopic (exact) mass is 633 g/mol. The first kappa shape index (κ1) is 35.8. The molecule has 0 spiro atoms. The van der Waals surface area contributed by atoms with Crippen LogP contribution in [-0.2, 0) is 33.3 Å². The van der Waals surface area contributed by atoms with Crippen LogP contribution in [0.2, 0.25) is 0 Å². The van der Waals surface area contributed by atoms with Gasteiger partial charge in [-0.25, -0.2) is 4.79 Å². The van der Waals surface area contributed by atoms with E-state index in [1.165, 1.54) is 0 Å². The number of rotatable bonds is 11. The standard InChI is InChI=1S/C23H39NO19/c1-6(27)24-11-7(28)2-23(22(37)38,43-19(11)12(30)8(29)3-25)39-5-10-13(31)14(32)17(35)21(41-10)42-18-9(4-26)40-20(36)16(34)15(18)33/h7-21,25-26,28-36H,2-5H2,1H3,(H,24,27)(H,37,38)/t7-,8+,9+,10+,11+,12+,13-,14-,15+,16+,17+,18+,19+,20?,21?,23?/m0/s1. The van der Waals surface area contributed by atoms with Crippen molar-refractivity contribution in [3.63, 3.8) is 0 Å². The van der Waals surface area contributed by atoms with Gasteiger partial charge in [-0.2, -0.15) is 0 Å². The number of carboxylic acids is 1. The summed E-state index contributed by atoms with van der Waals surface area (Å²) in [7, 11) is 0. The summed E-state index contributed by atoms with van der Waals surface area (Å²) in [6, 6.07) is -1.48. The fourth-order valence-corrected chi connectivity index (χ4v) is 5.05. The smallest absolute Gasteiger partial charge is 0.364 e. The number of aliphatic hydroxyl groups excluding tert-OH is 11. The topological polar surface area (TPSA) is 335 Å². The summed E-state index contributed by atoms with van der Waals surface area (Å²) in [5.41, 5.74) is 0. The first-order valence-electron chi connectivity index (χ1n) is 13.2. The van der Waals surface area contributed by atoms with E-state index < -0.39 is 136 Å². The molecule has 3 rings (SSSR count). The predicted octanol–water partition coefficient (Wildman–Crippen LogP) is -8.22. The van der Waals surface area contributed by atoms with Gasteiger partial charge in [0.25, 0.3) is 5.79 Å². The molecule has 13 N–H and O–H groups in total. The minimum absolute atomic E-state index is 0.719. The van der Waals surface area contributed by atoms with Crippen LogP contribution in [0.3, 0.4) is 0 Å². The largest absolute Gasteiger partial charge is 0.477 e. The number of ether oxygens (including phenoxy) is 5. The summed E-state index contributed by atoms with van der Waals surface area (Å²) in [6.07, 6.45) is -27.0. The van der Waals surface area contributed by atoms with Gasteiger partial charge in [0.2, 0.25) is 5.91 Å². The van der Waals surface area contributed by atoms with Crippen LogP contribution < -0.4 is 5.32 Å². The minimum atomic E-state index is -2.83. The summed E-state index contributed by atoms with van der Waals surface area (Å²) in [5.74, 6) is -5.42. The van der Waals surface area contributed by atoms with Gasteiger partial charge < -0.3 is 90.3 Å². The van der Waals surface area contributed by atoms with E-state index in [-0.39, 0.29) is 0 Å². The Morgan fingerprint density at radius 2 is 1.58 bits per heavy atom. The number of hydrogen-bond donors (Lipinski definition) is 13. The van der Waals surface area contributed by atoms with Crippen LogP contribution in [-0.4, -0.2) is 191 Å². The molecule has 0 aromatic carbocycles. The highest BCUT2D eigenvalue weighted by molar-refractivity contribution is 5.76. The molecular formula is C23H39NO19. The zero-order valence-corrected chi connectivity index (χ0v) is 22.7. The number of amides is 1. The molecule has 0 aromatic rings. The first-order chi connectivity index (χ1) is 20.1. The summed E-state index contributed by atoms with van der Waals surface area (Å²) < 4.78 is 26.7. The van der Waals surface area contributed by atoms with Crippen LogP contribution in [0.15, 0.2) is 0 Å². The van der Waals surface area contributed by atoms with Crippen LogP contribution >= 0.6 is 0 Å². The lowest BCUT2D eigenvalue weighted by molar-refractivity contribution is -0.364. The zero-order valence-electron chi connectivity index (χ0n) is 22.7. The maximum Gasteiger partial charge on any atom is 0.364 e. The van der Waals surface area contributed by atoms with Gasteiger partial charge in [-0.15, -0.1) is 0 Å². The van der Waals surface area contributed by atoms with Gasteiger partial charge in [-0.05, 0) is 0 Å². The first-order valence-corrected chi connectivity index (χ1v) is 13.2. The van der Waals surface area contributed by atoms with Gasteiger partial charge in [0, 0.05) is 13.3 Å². The van der Waals surface area contributed by atoms with Crippen molar-refractivity contribution in [2.45, 2.75) is 111 Å². The quantitative estimate of drug-likeness (QED) is 0.100. The molecule has 43 heavy (non-hydrogen) atoms. The fourth-order valence-electron chi connectivity index (χ4n) is 5.05. The Kier molecular flexibility index (Phi) is 12.1. The molecule has 20 nitrogen and oxygen atoms in total. The molecule has 0 aliphatic carbocycles. The van der Waals surface area contributed by atoms with Gasteiger partial charge in [0.15, 0.2) is 12.6 Å². The predicted molar refractivity (Wildman–Crippen MR) is 130 cm³/mol. The Bertz CT molecular complexity index is 942. The second kappa shape index (κ2) is 14.6. The summed E-state index contributed by atoms with van der Waals surface area (Å²) in [6.45, 7) is -1.76. The molecule has 3 aliphatic heterocycles. The lowest BCUT2D eigenvalue weighted by Gasteiger charge is -2.48. The van der Waals surface area contributed by atoms with E-state index in [1.54, 1.807) is 0 Å². The number of nitrogens with one attached hydrogen (secondary N) is 1. The van der Waals surface area contributed by atoms with Crippen molar-refractivity contribution in [1.29, 1.82) is 0 Å². The Morgan fingerprint density at radius 3 is 2.14 bits per heavy atom. The van der Waals surface area contributed by atoms with Crippen LogP contribution in [0.25, 0.3) is 0 Å². The molecule has 3 fully saturated rings. The maximum atomic E-state index is 12.3. The number of carbonyl (C=O) groups excluding carboxylic acids is 1. The highest BCUT2D eigenvalue weighted by Gasteiger charge is 2.57. The van der Waals surface area contributed by atoms with Crippen molar-refractivity contribution < 1.29 is 94.6 Å². The third kappa shape index (κ3) is 7.58. The molecule has 0 saturated carbocycles. The molecule has 250 valence electrons. The van der Waals surface area contributed by atoms with Crippen LogP contribution in [0, 0.1) is 0 Å². The van der Waals surface area contributed by atoms with Crippen molar-refractivity contribution in [3.8, 4) is 0 Å². The average molecular weight is 634 g/mol. The zero-order chi connectivity index (χ0) is 32.4. The molecule has 3 unspecified atom stereocenters. The van der Waals surface area contributed by atoms with E-state index in [1.807, 2.05) is 0 Å². The summed E-state index contributed by atoms with van der Waals surface area (Å²) in [4.78, 5) is 24.0.